The van der Waals surface area contributed by atoms with E-state index in [2.05, 4.69) is 12.2 Å². The minimum atomic E-state index is 0.0358. The fraction of sp³-hybridized carbons (Fsp3) is 0.611. The summed E-state index contributed by atoms with van der Waals surface area (Å²) in [4.78, 5) is 13.9. The van der Waals surface area contributed by atoms with E-state index in [0.717, 1.165) is 31.5 Å². The number of likely N-dealkylation sites (tertiary alicyclic amines) is 1. The molecule has 1 heterocycles. The van der Waals surface area contributed by atoms with Crippen molar-refractivity contribution in [3.63, 3.8) is 0 Å². The second kappa shape index (κ2) is 9.49. The average Bonchev–Trinajstić information content (AvgIpc) is 3.13. The van der Waals surface area contributed by atoms with Crippen LogP contribution in [0.15, 0.2) is 18.2 Å². The lowest BCUT2D eigenvalue weighted by Crippen LogP contribution is -2.32. The van der Waals surface area contributed by atoms with Gasteiger partial charge in [-0.3, -0.25) is 4.79 Å². The van der Waals surface area contributed by atoms with E-state index < -0.39 is 0 Å². The van der Waals surface area contributed by atoms with Crippen LogP contribution in [0.25, 0.3) is 0 Å². The van der Waals surface area contributed by atoms with E-state index in [1.807, 2.05) is 23.1 Å². The van der Waals surface area contributed by atoms with E-state index in [0.29, 0.717) is 24.7 Å². The zero-order chi connectivity index (χ0) is 17.4. The van der Waals surface area contributed by atoms with Crippen LogP contribution in [0.4, 0.5) is 0 Å². The number of methoxy groups -OCH3 is 2. The van der Waals surface area contributed by atoms with Crippen LogP contribution in [0.5, 0.6) is 11.5 Å². The molecule has 6 heteroatoms. The van der Waals surface area contributed by atoms with Gasteiger partial charge in [0.2, 0.25) is 0 Å². The van der Waals surface area contributed by atoms with Gasteiger partial charge in [0.1, 0.15) is 0 Å². The minimum absolute atomic E-state index is 0.0358. The summed E-state index contributed by atoms with van der Waals surface area (Å²) in [7, 11) is 3.30. The Morgan fingerprint density at radius 3 is 2.67 bits per heavy atom. The molecule has 0 bridgehead atoms. The molecule has 2 rings (SSSR count). The molecule has 134 valence electrons. The van der Waals surface area contributed by atoms with Crippen LogP contribution in [0, 0.1) is 0 Å². The molecule has 1 aromatic rings. The molecule has 1 amide bonds. The Hall–Kier alpha value is -1.79. The fourth-order valence-electron chi connectivity index (χ4n) is 2.74. The monoisotopic (exact) mass is 336 g/mol. The Kier molecular flexibility index (Phi) is 7.34. The summed E-state index contributed by atoms with van der Waals surface area (Å²) in [5, 5.41) is 3.38. The van der Waals surface area contributed by atoms with E-state index in [1.54, 1.807) is 14.2 Å². The van der Waals surface area contributed by atoms with Gasteiger partial charge in [-0.1, -0.05) is 6.07 Å². The Balaban J connectivity index is 1.89. The maximum atomic E-state index is 12.1. The van der Waals surface area contributed by atoms with Gasteiger partial charge >= 0.3 is 0 Å². The normalized spacial score (nSPS) is 15.4. The summed E-state index contributed by atoms with van der Waals surface area (Å²) >= 11 is 0. The van der Waals surface area contributed by atoms with Crippen molar-refractivity contribution in [2.24, 2.45) is 0 Å². The molecule has 0 aromatic heterocycles. The number of ether oxygens (including phenoxy) is 3. The highest BCUT2D eigenvalue weighted by atomic mass is 16.5. The second-order valence-corrected chi connectivity index (χ2v) is 6.10. The van der Waals surface area contributed by atoms with Crippen LogP contribution in [0.2, 0.25) is 0 Å². The number of amides is 1. The zero-order valence-electron chi connectivity index (χ0n) is 14.8. The minimum Gasteiger partial charge on any atom is -0.493 e. The topological polar surface area (TPSA) is 60.0 Å². The third-order valence-corrected chi connectivity index (χ3v) is 4.11. The molecule has 6 nitrogen and oxygen atoms in total. The molecule has 1 atom stereocenters. The highest BCUT2D eigenvalue weighted by molar-refractivity contribution is 5.78. The molecule has 0 aliphatic carbocycles. The predicted octanol–water partition coefficient (Wildman–Crippen LogP) is 1.82. The Morgan fingerprint density at radius 1 is 1.25 bits per heavy atom. The first-order valence-corrected chi connectivity index (χ1v) is 8.44. The molecule has 1 aliphatic rings. The number of rotatable bonds is 9. The van der Waals surface area contributed by atoms with Crippen molar-refractivity contribution in [3.05, 3.63) is 23.8 Å². The number of carbonyl (C=O) groups excluding carboxylic acids is 1. The maximum Gasteiger partial charge on any atom is 0.260 e. The van der Waals surface area contributed by atoms with Crippen molar-refractivity contribution < 1.29 is 19.0 Å². The molecule has 1 fully saturated rings. The van der Waals surface area contributed by atoms with Crippen molar-refractivity contribution in [2.75, 3.05) is 40.5 Å². The first kappa shape index (κ1) is 18.5. The van der Waals surface area contributed by atoms with Gasteiger partial charge in [-0.2, -0.15) is 0 Å². The van der Waals surface area contributed by atoms with Crippen LogP contribution < -0.4 is 14.8 Å². The van der Waals surface area contributed by atoms with E-state index in [-0.39, 0.29) is 18.6 Å². The highest BCUT2D eigenvalue weighted by Gasteiger charge is 2.18. The van der Waals surface area contributed by atoms with Crippen molar-refractivity contribution in [2.45, 2.75) is 32.4 Å². The fourth-order valence-corrected chi connectivity index (χ4v) is 2.74. The molecule has 0 unspecified atom stereocenters. The summed E-state index contributed by atoms with van der Waals surface area (Å²) in [6.45, 7) is 5.18. The van der Waals surface area contributed by atoms with E-state index >= 15 is 0 Å². The van der Waals surface area contributed by atoms with E-state index in [1.165, 1.54) is 0 Å². The van der Waals surface area contributed by atoms with Crippen LogP contribution in [-0.4, -0.2) is 57.4 Å². The van der Waals surface area contributed by atoms with Crippen molar-refractivity contribution in [3.8, 4) is 11.5 Å². The molecule has 0 spiro atoms. The number of benzene rings is 1. The molecule has 1 aliphatic heterocycles. The standard InChI is InChI=1S/C18H28N2O4/c1-14(12-22-2)19-11-15-6-7-16(17(10-15)23-3)24-13-18(21)20-8-4-5-9-20/h6-7,10,14,19H,4-5,8-9,11-13H2,1-3H3/t14-/m1/s1. The number of nitrogens with one attached hydrogen (secondary N) is 1. The molecule has 24 heavy (non-hydrogen) atoms. The average molecular weight is 336 g/mol. The highest BCUT2D eigenvalue weighted by Crippen LogP contribution is 2.28. The Labute approximate surface area is 144 Å². The number of carbonyl (C=O) groups is 1. The van der Waals surface area contributed by atoms with Crippen molar-refractivity contribution in [1.82, 2.24) is 10.2 Å². The Morgan fingerprint density at radius 2 is 2.00 bits per heavy atom. The van der Waals surface area contributed by atoms with Crippen LogP contribution in [0.1, 0.15) is 25.3 Å². The van der Waals surface area contributed by atoms with Gasteiger partial charge in [-0.05, 0) is 37.5 Å². The lowest BCUT2D eigenvalue weighted by Gasteiger charge is -2.17. The second-order valence-electron chi connectivity index (χ2n) is 6.10. The summed E-state index contributed by atoms with van der Waals surface area (Å²) in [6.07, 6.45) is 2.16. The molecule has 1 N–H and O–H groups in total. The molecule has 0 radical (unpaired) electrons. The van der Waals surface area contributed by atoms with Crippen LogP contribution in [0.3, 0.4) is 0 Å². The van der Waals surface area contributed by atoms with Crippen LogP contribution in [-0.2, 0) is 16.1 Å². The quantitative estimate of drug-likeness (QED) is 0.745. The number of hydrogen-bond acceptors (Lipinski definition) is 5. The SMILES string of the molecule is COC[C@@H](C)NCc1ccc(OCC(=O)N2CCCC2)c(OC)c1. The summed E-state index contributed by atoms with van der Waals surface area (Å²) in [5.74, 6) is 1.27. The first-order valence-electron chi connectivity index (χ1n) is 8.44. The third-order valence-electron chi connectivity index (χ3n) is 4.11. The molecule has 0 saturated carbocycles. The lowest BCUT2D eigenvalue weighted by atomic mass is 10.2. The molecular weight excluding hydrogens is 308 g/mol. The number of nitrogens with zero attached hydrogens (tertiary/aromatic N) is 1. The largest absolute Gasteiger partial charge is 0.493 e. The molecule has 1 saturated heterocycles. The van der Waals surface area contributed by atoms with Gasteiger partial charge in [-0.15, -0.1) is 0 Å². The van der Waals surface area contributed by atoms with Gasteiger partial charge in [0.05, 0.1) is 13.7 Å². The number of hydrogen-bond donors (Lipinski definition) is 1. The first-order chi connectivity index (χ1) is 11.6. The van der Waals surface area contributed by atoms with Gasteiger partial charge in [0, 0.05) is 32.8 Å². The van der Waals surface area contributed by atoms with Crippen molar-refractivity contribution >= 4 is 5.91 Å². The Bertz CT molecular complexity index is 530. The van der Waals surface area contributed by atoms with Crippen molar-refractivity contribution in [1.29, 1.82) is 0 Å². The summed E-state index contributed by atoms with van der Waals surface area (Å²) in [5.41, 5.74) is 1.09. The molecular formula is C18H28N2O4. The predicted molar refractivity (Wildman–Crippen MR) is 92.5 cm³/mol. The lowest BCUT2D eigenvalue weighted by molar-refractivity contribution is -0.132. The van der Waals surface area contributed by atoms with Crippen LogP contribution >= 0.6 is 0 Å². The summed E-state index contributed by atoms with van der Waals surface area (Å²) < 4.78 is 16.2. The maximum absolute atomic E-state index is 12.1. The smallest absolute Gasteiger partial charge is 0.260 e. The van der Waals surface area contributed by atoms with Gasteiger partial charge in [0.15, 0.2) is 18.1 Å². The van der Waals surface area contributed by atoms with Gasteiger partial charge < -0.3 is 24.4 Å². The molecule has 1 aromatic carbocycles. The van der Waals surface area contributed by atoms with E-state index in [4.69, 9.17) is 14.2 Å². The van der Waals surface area contributed by atoms with Gasteiger partial charge in [-0.25, -0.2) is 0 Å². The third kappa shape index (κ3) is 5.39. The van der Waals surface area contributed by atoms with Gasteiger partial charge in [0.25, 0.3) is 5.91 Å². The summed E-state index contributed by atoms with van der Waals surface area (Å²) in [6, 6.07) is 6.04. The van der Waals surface area contributed by atoms with E-state index in [9.17, 15) is 4.79 Å². The zero-order valence-corrected chi connectivity index (χ0v) is 14.8.